The van der Waals surface area contributed by atoms with Gasteiger partial charge in [-0.3, -0.25) is 0 Å². The first-order valence-corrected chi connectivity index (χ1v) is 6.41. The smallest absolute Gasteiger partial charge is 0.206 e. The molecule has 76 valence electrons. The predicted octanol–water partition coefficient (Wildman–Crippen LogP) is 1.33. The second-order valence-electron chi connectivity index (χ2n) is 2.68. The van der Waals surface area contributed by atoms with E-state index in [1.165, 1.54) is 6.21 Å². The summed E-state index contributed by atoms with van der Waals surface area (Å²) in [6, 6.07) is 7.36. The first kappa shape index (κ1) is 11.2. The van der Waals surface area contributed by atoms with E-state index in [0.717, 1.165) is 16.3 Å². The van der Waals surface area contributed by atoms with Crippen LogP contribution >= 0.6 is 15.9 Å². The van der Waals surface area contributed by atoms with Gasteiger partial charge in [0, 0.05) is 4.47 Å². The highest BCUT2D eigenvalue weighted by Crippen LogP contribution is 2.09. The first-order valence-electron chi connectivity index (χ1n) is 3.73. The molecule has 6 heteroatoms. The molecule has 0 aliphatic rings. The van der Waals surface area contributed by atoms with Crippen molar-refractivity contribution in [1.29, 1.82) is 0 Å². The molecule has 0 heterocycles. The Morgan fingerprint density at radius 1 is 1.50 bits per heavy atom. The molecule has 0 radical (unpaired) electrons. The van der Waals surface area contributed by atoms with Gasteiger partial charge >= 0.3 is 0 Å². The molecule has 0 fully saturated rings. The number of benzene rings is 1. The van der Waals surface area contributed by atoms with Crippen LogP contribution in [0.15, 0.2) is 33.8 Å². The molecule has 0 aromatic heterocycles. The Balaban J connectivity index is 2.70. The highest BCUT2D eigenvalue weighted by atomic mass is 79.9. The van der Waals surface area contributed by atoms with Crippen molar-refractivity contribution in [3.8, 4) is 0 Å². The molecule has 0 saturated heterocycles. The molecule has 0 amide bonds. The summed E-state index contributed by atoms with van der Waals surface area (Å²) in [5.74, 6) is 0. The number of hydrazone groups is 1. The molecule has 0 spiro atoms. The van der Waals surface area contributed by atoms with Crippen LogP contribution in [-0.2, 0) is 10.0 Å². The van der Waals surface area contributed by atoms with Crippen LogP contribution in [0, 0.1) is 0 Å². The first-order chi connectivity index (χ1) is 6.47. The van der Waals surface area contributed by atoms with Crippen molar-refractivity contribution in [2.24, 2.45) is 5.10 Å². The zero-order valence-electron chi connectivity index (χ0n) is 7.44. The lowest BCUT2D eigenvalue weighted by Crippen LogP contribution is -2.15. The van der Waals surface area contributed by atoms with Crippen molar-refractivity contribution in [2.75, 3.05) is 6.26 Å². The number of halogens is 1. The Morgan fingerprint density at radius 3 is 2.79 bits per heavy atom. The Kier molecular flexibility index (Phi) is 3.65. The van der Waals surface area contributed by atoms with Crippen molar-refractivity contribution in [2.45, 2.75) is 0 Å². The predicted molar refractivity (Wildman–Crippen MR) is 59.7 cm³/mol. The molecule has 1 aromatic carbocycles. The van der Waals surface area contributed by atoms with E-state index in [1.54, 1.807) is 0 Å². The van der Waals surface area contributed by atoms with Crippen molar-refractivity contribution < 1.29 is 8.42 Å². The van der Waals surface area contributed by atoms with Crippen molar-refractivity contribution in [3.05, 3.63) is 34.3 Å². The molecular formula is C8H9BrN2O2S. The summed E-state index contributed by atoms with van der Waals surface area (Å²) in [6.45, 7) is 0. The van der Waals surface area contributed by atoms with E-state index in [1.807, 2.05) is 29.1 Å². The van der Waals surface area contributed by atoms with Gasteiger partial charge in [0.05, 0.1) is 12.5 Å². The van der Waals surface area contributed by atoms with Gasteiger partial charge in [0.15, 0.2) is 0 Å². The molecule has 0 saturated carbocycles. The topological polar surface area (TPSA) is 58.5 Å². The maximum atomic E-state index is 10.7. The third kappa shape index (κ3) is 4.38. The molecule has 0 aliphatic heterocycles. The molecule has 0 atom stereocenters. The van der Waals surface area contributed by atoms with Crippen LogP contribution in [0.3, 0.4) is 0 Å². The molecule has 0 bridgehead atoms. The molecule has 4 nitrogen and oxygen atoms in total. The monoisotopic (exact) mass is 276 g/mol. The lowest BCUT2D eigenvalue weighted by molar-refractivity contribution is 0.591. The fourth-order valence-electron chi connectivity index (χ4n) is 0.784. The normalized spacial score (nSPS) is 11.9. The maximum absolute atomic E-state index is 10.7. The zero-order chi connectivity index (χ0) is 10.6. The molecular weight excluding hydrogens is 268 g/mol. The summed E-state index contributed by atoms with van der Waals surface area (Å²) in [7, 11) is -3.26. The lowest BCUT2D eigenvalue weighted by atomic mass is 10.2. The Labute approximate surface area is 91.2 Å². The Morgan fingerprint density at radius 2 is 2.21 bits per heavy atom. The summed E-state index contributed by atoms with van der Waals surface area (Å²) < 4.78 is 22.2. The average Bonchev–Trinajstić information content (AvgIpc) is 2.01. The molecule has 1 N–H and O–H groups in total. The van der Waals surface area contributed by atoms with Gasteiger partial charge in [-0.05, 0) is 17.7 Å². The molecule has 0 unspecified atom stereocenters. The van der Waals surface area contributed by atoms with Crippen LogP contribution in [0.1, 0.15) is 5.56 Å². The number of hydrogen-bond donors (Lipinski definition) is 1. The highest BCUT2D eigenvalue weighted by Gasteiger charge is 1.94. The molecule has 1 rings (SSSR count). The van der Waals surface area contributed by atoms with Gasteiger partial charge < -0.3 is 0 Å². The fourth-order valence-corrected chi connectivity index (χ4v) is 1.44. The maximum Gasteiger partial charge on any atom is 0.244 e. The average molecular weight is 277 g/mol. The lowest BCUT2D eigenvalue weighted by Gasteiger charge is -1.95. The van der Waals surface area contributed by atoms with Crippen molar-refractivity contribution in [1.82, 2.24) is 4.83 Å². The number of nitrogens with zero attached hydrogens (tertiary/aromatic N) is 1. The van der Waals surface area contributed by atoms with Crippen LogP contribution in [0.2, 0.25) is 0 Å². The third-order valence-electron chi connectivity index (χ3n) is 1.28. The summed E-state index contributed by atoms with van der Waals surface area (Å²) in [6.07, 6.45) is 2.48. The second kappa shape index (κ2) is 4.56. The van der Waals surface area contributed by atoms with E-state index >= 15 is 0 Å². The quantitative estimate of drug-likeness (QED) is 0.669. The molecule has 14 heavy (non-hydrogen) atoms. The molecule has 0 aliphatic carbocycles. The van der Waals surface area contributed by atoms with Gasteiger partial charge in [-0.1, -0.05) is 28.1 Å². The van der Waals surface area contributed by atoms with Gasteiger partial charge in [-0.2, -0.15) is 5.10 Å². The van der Waals surface area contributed by atoms with E-state index in [4.69, 9.17) is 0 Å². The van der Waals surface area contributed by atoms with Crippen LogP contribution < -0.4 is 4.83 Å². The fraction of sp³-hybridized carbons (Fsp3) is 0.125. The van der Waals surface area contributed by atoms with E-state index in [9.17, 15) is 8.42 Å². The van der Waals surface area contributed by atoms with Crippen molar-refractivity contribution >= 4 is 32.2 Å². The largest absolute Gasteiger partial charge is 0.244 e. The SMILES string of the molecule is CS(=O)(=O)N/N=C/c1cccc(Br)c1. The number of sulfonamides is 1. The minimum atomic E-state index is -3.26. The van der Waals surface area contributed by atoms with Gasteiger partial charge in [0.2, 0.25) is 10.0 Å². The van der Waals surface area contributed by atoms with Gasteiger partial charge in [-0.15, -0.1) is 0 Å². The minimum absolute atomic E-state index is 0.815. The summed E-state index contributed by atoms with van der Waals surface area (Å²) in [5, 5.41) is 3.57. The highest BCUT2D eigenvalue weighted by molar-refractivity contribution is 9.10. The van der Waals surface area contributed by atoms with Gasteiger partial charge in [0.25, 0.3) is 0 Å². The number of nitrogens with one attached hydrogen (secondary N) is 1. The number of hydrogen-bond acceptors (Lipinski definition) is 3. The van der Waals surface area contributed by atoms with E-state index < -0.39 is 10.0 Å². The Bertz CT molecular complexity index is 442. The van der Waals surface area contributed by atoms with Crippen LogP contribution in [0.5, 0.6) is 0 Å². The van der Waals surface area contributed by atoms with E-state index in [-0.39, 0.29) is 0 Å². The Hall–Kier alpha value is -0.880. The van der Waals surface area contributed by atoms with Crippen LogP contribution in [0.25, 0.3) is 0 Å². The summed E-state index contributed by atoms with van der Waals surface area (Å²) in [5.41, 5.74) is 0.815. The van der Waals surface area contributed by atoms with Gasteiger partial charge in [-0.25, -0.2) is 13.2 Å². The molecule has 1 aromatic rings. The van der Waals surface area contributed by atoms with Crippen LogP contribution in [0.4, 0.5) is 0 Å². The van der Waals surface area contributed by atoms with Crippen LogP contribution in [-0.4, -0.2) is 20.9 Å². The standard InChI is InChI=1S/C8H9BrN2O2S/c1-14(12,13)11-10-6-7-3-2-4-8(9)5-7/h2-6,11H,1H3/b10-6+. The van der Waals surface area contributed by atoms with Crippen molar-refractivity contribution in [3.63, 3.8) is 0 Å². The summed E-state index contributed by atoms with van der Waals surface area (Å²) >= 11 is 3.29. The zero-order valence-corrected chi connectivity index (χ0v) is 9.84. The third-order valence-corrected chi connectivity index (χ3v) is 2.21. The minimum Gasteiger partial charge on any atom is -0.206 e. The van der Waals surface area contributed by atoms with Gasteiger partial charge in [0.1, 0.15) is 0 Å². The number of rotatable bonds is 3. The van der Waals surface area contributed by atoms with E-state index in [2.05, 4.69) is 21.0 Å². The second-order valence-corrected chi connectivity index (χ2v) is 5.32. The summed E-state index contributed by atoms with van der Waals surface area (Å²) in [4.78, 5) is 2.02. The van der Waals surface area contributed by atoms with E-state index in [0.29, 0.717) is 0 Å².